The van der Waals surface area contributed by atoms with Crippen LogP contribution in [-0.2, 0) is 4.74 Å². The van der Waals surface area contributed by atoms with Gasteiger partial charge in [0.1, 0.15) is 0 Å². The predicted molar refractivity (Wildman–Crippen MR) is 76.5 cm³/mol. The molecule has 1 rings (SSSR count). The van der Waals surface area contributed by atoms with Crippen LogP contribution in [-0.4, -0.2) is 37.7 Å². The minimum atomic E-state index is -0.836. The van der Waals surface area contributed by atoms with Gasteiger partial charge in [0.25, 0.3) is 0 Å². The minimum Gasteiger partial charge on any atom is -0.383 e. The fourth-order valence-corrected chi connectivity index (χ4v) is 2.33. The number of rotatable bonds is 8. The third-order valence-electron chi connectivity index (χ3n) is 3.67. The second-order valence-corrected chi connectivity index (χ2v) is 4.88. The molecule has 0 heterocycles. The van der Waals surface area contributed by atoms with E-state index in [1.54, 1.807) is 13.2 Å². The Labute approximate surface area is 119 Å². The van der Waals surface area contributed by atoms with E-state index in [0.717, 1.165) is 12.5 Å². The zero-order valence-corrected chi connectivity index (χ0v) is 12.4. The van der Waals surface area contributed by atoms with E-state index in [-0.39, 0.29) is 18.6 Å². The fourth-order valence-electron chi connectivity index (χ4n) is 2.33. The van der Waals surface area contributed by atoms with Crippen molar-refractivity contribution < 1.29 is 13.5 Å². The first kappa shape index (κ1) is 17.0. The maximum Gasteiger partial charge on any atom is 0.163 e. The monoisotopic (exact) mass is 286 g/mol. The van der Waals surface area contributed by atoms with Crippen molar-refractivity contribution in [2.75, 3.05) is 26.8 Å². The molecule has 1 aromatic carbocycles. The molecule has 0 radical (unpaired) electrons. The van der Waals surface area contributed by atoms with Crippen molar-refractivity contribution in [3.8, 4) is 0 Å². The summed E-state index contributed by atoms with van der Waals surface area (Å²) in [5.41, 5.74) is 6.13. The molecule has 114 valence electrons. The number of nitrogens with zero attached hydrogens (tertiary/aromatic N) is 1. The molecule has 2 atom stereocenters. The molecule has 0 amide bonds. The molecule has 0 spiro atoms. The SMILES string of the molecule is CCC(C)N(CCOC)C(CN)c1cccc(F)c1F. The molecule has 5 heteroatoms. The Bertz CT molecular complexity index is 415. The molecule has 20 heavy (non-hydrogen) atoms. The molecule has 0 aliphatic heterocycles. The van der Waals surface area contributed by atoms with Crippen molar-refractivity contribution in [1.82, 2.24) is 4.90 Å². The Balaban J connectivity index is 3.08. The summed E-state index contributed by atoms with van der Waals surface area (Å²) in [6.07, 6.45) is 0.900. The van der Waals surface area contributed by atoms with Gasteiger partial charge < -0.3 is 10.5 Å². The highest BCUT2D eigenvalue weighted by Gasteiger charge is 2.26. The lowest BCUT2D eigenvalue weighted by molar-refractivity contribution is 0.0886. The zero-order chi connectivity index (χ0) is 15.1. The highest BCUT2D eigenvalue weighted by molar-refractivity contribution is 5.23. The number of benzene rings is 1. The van der Waals surface area contributed by atoms with Crippen LogP contribution in [0.25, 0.3) is 0 Å². The number of methoxy groups -OCH3 is 1. The summed E-state index contributed by atoms with van der Waals surface area (Å²) >= 11 is 0. The fraction of sp³-hybridized carbons (Fsp3) is 0.600. The van der Waals surface area contributed by atoms with Gasteiger partial charge in [0.2, 0.25) is 0 Å². The zero-order valence-electron chi connectivity index (χ0n) is 12.4. The van der Waals surface area contributed by atoms with Gasteiger partial charge in [0.05, 0.1) is 12.6 Å². The predicted octanol–water partition coefficient (Wildman–Crippen LogP) is 2.71. The van der Waals surface area contributed by atoms with Crippen molar-refractivity contribution in [1.29, 1.82) is 0 Å². The lowest BCUT2D eigenvalue weighted by Crippen LogP contribution is -2.42. The Hall–Kier alpha value is -1.04. The number of ether oxygens (including phenoxy) is 1. The summed E-state index contributed by atoms with van der Waals surface area (Å²) in [4.78, 5) is 2.07. The average Bonchev–Trinajstić information content (AvgIpc) is 2.46. The van der Waals surface area contributed by atoms with Crippen LogP contribution in [0.1, 0.15) is 31.9 Å². The smallest absolute Gasteiger partial charge is 0.163 e. The third-order valence-corrected chi connectivity index (χ3v) is 3.67. The summed E-state index contributed by atoms with van der Waals surface area (Å²) in [7, 11) is 1.62. The van der Waals surface area contributed by atoms with E-state index in [1.807, 2.05) is 0 Å². The molecule has 0 bridgehead atoms. The van der Waals surface area contributed by atoms with E-state index in [2.05, 4.69) is 18.7 Å². The molecular weight excluding hydrogens is 262 g/mol. The molecule has 0 saturated heterocycles. The van der Waals surface area contributed by atoms with Crippen molar-refractivity contribution in [2.45, 2.75) is 32.4 Å². The number of hydrogen-bond donors (Lipinski definition) is 1. The second-order valence-electron chi connectivity index (χ2n) is 4.88. The van der Waals surface area contributed by atoms with Crippen LogP contribution in [0.3, 0.4) is 0 Å². The van der Waals surface area contributed by atoms with Crippen molar-refractivity contribution in [3.05, 3.63) is 35.4 Å². The van der Waals surface area contributed by atoms with Crippen LogP contribution in [0.15, 0.2) is 18.2 Å². The highest BCUT2D eigenvalue weighted by Crippen LogP contribution is 2.26. The molecular formula is C15H24F2N2O. The standard InChI is InChI=1S/C15H24F2N2O/c1-4-11(2)19(8-9-20-3)14(10-18)12-6-5-7-13(16)15(12)17/h5-7,11,14H,4,8-10,18H2,1-3H3. The summed E-state index contributed by atoms with van der Waals surface area (Å²) in [6, 6.07) is 4.09. The van der Waals surface area contributed by atoms with Gasteiger partial charge in [-0.2, -0.15) is 0 Å². The Kier molecular flexibility index (Phi) is 7.05. The number of halogens is 2. The van der Waals surface area contributed by atoms with E-state index in [0.29, 0.717) is 18.7 Å². The largest absolute Gasteiger partial charge is 0.383 e. The van der Waals surface area contributed by atoms with Gasteiger partial charge in [0, 0.05) is 31.8 Å². The van der Waals surface area contributed by atoms with Gasteiger partial charge in [-0.1, -0.05) is 19.1 Å². The summed E-state index contributed by atoms with van der Waals surface area (Å²) in [5, 5.41) is 0. The van der Waals surface area contributed by atoms with E-state index in [1.165, 1.54) is 6.07 Å². The molecule has 0 aliphatic rings. The molecule has 3 nitrogen and oxygen atoms in total. The van der Waals surface area contributed by atoms with Crippen molar-refractivity contribution >= 4 is 0 Å². The van der Waals surface area contributed by atoms with Gasteiger partial charge in [-0.05, 0) is 19.4 Å². The van der Waals surface area contributed by atoms with Gasteiger partial charge in [0.15, 0.2) is 11.6 Å². The first-order valence-electron chi connectivity index (χ1n) is 6.95. The van der Waals surface area contributed by atoms with Crippen LogP contribution in [0, 0.1) is 11.6 Å². The maximum atomic E-state index is 14.0. The quantitative estimate of drug-likeness (QED) is 0.798. The maximum absolute atomic E-state index is 14.0. The summed E-state index contributed by atoms with van der Waals surface area (Å²) in [6.45, 7) is 5.49. The lowest BCUT2D eigenvalue weighted by Gasteiger charge is -2.36. The van der Waals surface area contributed by atoms with Crippen LogP contribution in [0.5, 0.6) is 0 Å². The molecule has 1 aromatic rings. The molecule has 0 saturated carbocycles. The van der Waals surface area contributed by atoms with Gasteiger partial charge in [-0.25, -0.2) is 8.78 Å². The van der Waals surface area contributed by atoms with Crippen molar-refractivity contribution in [3.63, 3.8) is 0 Å². The highest BCUT2D eigenvalue weighted by atomic mass is 19.2. The van der Waals surface area contributed by atoms with E-state index in [9.17, 15) is 8.78 Å². The Morgan fingerprint density at radius 1 is 1.35 bits per heavy atom. The number of nitrogens with two attached hydrogens (primary N) is 1. The summed E-state index contributed by atoms with van der Waals surface area (Å²) in [5.74, 6) is -1.65. The molecule has 2 N–H and O–H groups in total. The van der Waals surface area contributed by atoms with E-state index < -0.39 is 11.6 Å². The average molecular weight is 286 g/mol. The first-order valence-corrected chi connectivity index (χ1v) is 6.95. The van der Waals surface area contributed by atoms with Gasteiger partial charge in [-0.3, -0.25) is 4.90 Å². The Morgan fingerprint density at radius 2 is 2.05 bits per heavy atom. The van der Waals surface area contributed by atoms with Crippen LogP contribution in [0.4, 0.5) is 8.78 Å². The molecule has 0 fully saturated rings. The van der Waals surface area contributed by atoms with Gasteiger partial charge >= 0.3 is 0 Å². The lowest BCUT2D eigenvalue weighted by atomic mass is 10.0. The normalized spacial score (nSPS) is 14.6. The van der Waals surface area contributed by atoms with Crippen LogP contribution in [0.2, 0.25) is 0 Å². The van der Waals surface area contributed by atoms with E-state index >= 15 is 0 Å². The summed E-state index contributed by atoms with van der Waals surface area (Å²) < 4.78 is 32.5. The molecule has 2 unspecified atom stereocenters. The van der Waals surface area contributed by atoms with Crippen LogP contribution < -0.4 is 5.73 Å². The number of hydrogen-bond acceptors (Lipinski definition) is 3. The minimum absolute atomic E-state index is 0.210. The topological polar surface area (TPSA) is 38.5 Å². The molecule has 0 aliphatic carbocycles. The van der Waals surface area contributed by atoms with E-state index in [4.69, 9.17) is 10.5 Å². The van der Waals surface area contributed by atoms with Gasteiger partial charge in [-0.15, -0.1) is 0 Å². The molecule has 0 aromatic heterocycles. The first-order chi connectivity index (χ1) is 9.56. The third kappa shape index (κ3) is 3.98. The van der Waals surface area contributed by atoms with Crippen molar-refractivity contribution in [2.24, 2.45) is 5.73 Å². The van der Waals surface area contributed by atoms with Crippen LogP contribution >= 0.6 is 0 Å². The second kappa shape index (κ2) is 8.29. The Morgan fingerprint density at radius 3 is 2.60 bits per heavy atom.